The van der Waals surface area contributed by atoms with Crippen LogP contribution in [0.5, 0.6) is 0 Å². The number of rotatable bonds is 3. The Morgan fingerprint density at radius 2 is 1.97 bits per heavy atom. The highest BCUT2D eigenvalue weighted by Crippen LogP contribution is 2.44. The molecule has 152 valence electrons. The van der Waals surface area contributed by atoms with E-state index in [4.69, 9.17) is 0 Å². The standard InChI is InChI=1S/C22H23FN4O.ClH/c1-25-11-17-12-26(13-19(17)22(25)15-6-4-7-18(23)9-15)21(28)14-27-20-8-3-2-5-16(20)10-24-27;/h2-10,17,19,22H,11-14H2,1H3;1H/t17-,19+,22-;/m0./s1. The van der Waals surface area contributed by atoms with Gasteiger partial charge in [0.2, 0.25) is 5.91 Å². The highest BCUT2D eigenvalue weighted by Gasteiger charge is 2.47. The Kier molecular flexibility index (Phi) is 5.32. The fourth-order valence-corrected chi connectivity index (χ4v) is 5.03. The Hall–Kier alpha value is -2.44. The molecule has 0 aliphatic carbocycles. The minimum Gasteiger partial charge on any atom is -0.340 e. The van der Waals surface area contributed by atoms with Crippen LogP contribution in [0.25, 0.3) is 10.9 Å². The van der Waals surface area contributed by atoms with E-state index in [9.17, 15) is 9.18 Å². The van der Waals surface area contributed by atoms with Crippen molar-refractivity contribution in [2.75, 3.05) is 26.7 Å². The van der Waals surface area contributed by atoms with Crippen LogP contribution in [0, 0.1) is 17.7 Å². The first kappa shape index (κ1) is 19.9. The second kappa shape index (κ2) is 7.76. The molecule has 2 aromatic carbocycles. The molecule has 0 radical (unpaired) electrons. The van der Waals surface area contributed by atoms with E-state index in [0.717, 1.165) is 29.6 Å². The minimum absolute atomic E-state index is 0. The van der Waals surface area contributed by atoms with Gasteiger partial charge in [-0.15, -0.1) is 12.4 Å². The highest BCUT2D eigenvalue weighted by molar-refractivity contribution is 5.85. The molecular weight excluding hydrogens is 391 g/mol. The molecule has 0 N–H and O–H groups in total. The van der Waals surface area contributed by atoms with E-state index in [2.05, 4.69) is 17.0 Å². The van der Waals surface area contributed by atoms with Gasteiger partial charge in [0.1, 0.15) is 12.4 Å². The van der Waals surface area contributed by atoms with E-state index in [0.29, 0.717) is 18.4 Å². The lowest BCUT2D eigenvalue weighted by atomic mass is 9.89. The number of benzene rings is 2. The van der Waals surface area contributed by atoms with Crippen LogP contribution in [0.1, 0.15) is 11.6 Å². The van der Waals surface area contributed by atoms with Crippen LogP contribution in [-0.2, 0) is 11.3 Å². The predicted octanol–water partition coefficient (Wildman–Crippen LogP) is 3.36. The largest absolute Gasteiger partial charge is 0.340 e. The van der Waals surface area contributed by atoms with E-state index < -0.39 is 0 Å². The quantitative estimate of drug-likeness (QED) is 0.660. The van der Waals surface area contributed by atoms with Gasteiger partial charge in [0.15, 0.2) is 0 Å². The molecule has 0 saturated carbocycles. The molecule has 2 aliphatic heterocycles. The van der Waals surface area contributed by atoms with Crippen molar-refractivity contribution in [3.8, 4) is 0 Å². The zero-order valence-electron chi connectivity index (χ0n) is 16.2. The maximum Gasteiger partial charge on any atom is 0.244 e. The summed E-state index contributed by atoms with van der Waals surface area (Å²) in [5.41, 5.74) is 1.98. The summed E-state index contributed by atoms with van der Waals surface area (Å²) in [5, 5.41) is 5.43. The molecule has 3 heterocycles. The second-order valence-electron chi connectivity index (χ2n) is 8.02. The molecule has 7 heteroatoms. The number of nitrogens with zero attached hydrogens (tertiary/aromatic N) is 4. The van der Waals surface area contributed by atoms with Crippen LogP contribution >= 0.6 is 12.4 Å². The maximum absolute atomic E-state index is 13.7. The average molecular weight is 415 g/mol. The molecule has 3 atom stereocenters. The van der Waals surface area contributed by atoms with Gasteiger partial charge in [0.25, 0.3) is 0 Å². The lowest BCUT2D eigenvalue weighted by Gasteiger charge is -2.27. The van der Waals surface area contributed by atoms with Crippen molar-refractivity contribution in [2.24, 2.45) is 11.8 Å². The molecule has 2 aliphatic rings. The number of hydrogen-bond donors (Lipinski definition) is 0. The number of carbonyl (C=O) groups is 1. The SMILES string of the molecule is CN1C[C@H]2CN(C(=O)Cn3ncc4ccccc43)C[C@H]2[C@@H]1c1cccc(F)c1.Cl. The zero-order valence-corrected chi connectivity index (χ0v) is 17.1. The van der Waals surface area contributed by atoms with Gasteiger partial charge in [-0.05, 0) is 36.7 Å². The summed E-state index contributed by atoms with van der Waals surface area (Å²) in [6.07, 6.45) is 1.80. The number of halogens is 2. The summed E-state index contributed by atoms with van der Waals surface area (Å²) >= 11 is 0. The normalized spacial score (nSPS) is 23.9. The predicted molar refractivity (Wildman–Crippen MR) is 112 cm³/mol. The van der Waals surface area contributed by atoms with Crippen molar-refractivity contribution in [1.82, 2.24) is 19.6 Å². The number of hydrogen-bond acceptors (Lipinski definition) is 3. The Morgan fingerprint density at radius 3 is 2.79 bits per heavy atom. The fourth-order valence-electron chi connectivity index (χ4n) is 5.03. The van der Waals surface area contributed by atoms with Gasteiger partial charge in [-0.25, -0.2) is 4.39 Å². The number of aromatic nitrogens is 2. The number of para-hydroxylation sites is 1. The Labute approximate surface area is 175 Å². The topological polar surface area (TPSA) is 41.4 Å². The molecule has 1 aromatic heterocycles. The minimum atomic E-state index is -0.203. The zero-order chi connectivity index (χ0) is 19.3. The molecular formula is C22H24ClFN4O. The number of likely N-dealkylation sites (tertiary alicyclic amines) is 2. The van der Waals surface area contributed by atoms with Crippen LogP contribution in [-0.4, -0.2) is 52.2 Å². The molecule has 0 unspecified atom stereocenters. The monoisotopic (exact) mass is 414 g/mol. The molecule has 5 rings (SSSR count). The van der Waals surface area contributed by atoms with Crippen LogP contribution in [0.4, 0.5) is 4.39 Å². The number of carbonyl (C=O) groups excluding carboxylic acids is 1. The van der Waals surface area contributed by atoms with E-state index in [-0.39, 0.29) is 36.7 Å². The highest BCUT2D eigenvalue weighted by atomic mass is 35.5. The van der Waals surface area contributed by atoms with Gasteiger partial charge in [0, 0.05) is 37.0 Å². The third-order valence-electron chi connectivity index (χ3n) is 6.27. The number of fused-ring (bicyclic) bond motifs is 2. The van der Waals surface area contributed by atoms with Gasteiger partial charge in [-0.2, -0.15) is 5.10 Å². The summed E-state index contributed by atoms with van der Waals surface area (Å²) in [6.45, 7) is 2.67. The van der Waals surface area contributed by atoms with Crippen LogP contribution in [0.3, 0.4) is 0 Å². The lowest BCUT2D eigenvalue weighted by Crippen LogP contribution is -2.35. The Bertz CT molecular complexity index is 1040. The third-order valence-corrected chi connectivity index (χ3v) is 6.27. The Balaban J connectivity index is 0.00000205. The van der Waals surface area contributed by atoms with Crippen LogP contribution in [0.15, 0.2) is 54.7 Å². The van der Waals surface area contributed by atoms with Gasteiger partial charge in [-0.1, -0.05) is 30.3 Å². The summed E-state index contributed by atoms with van der Waals surface area (Å²) in [7, 11) is 2.09. The smallest absolute Gasteiger partial charge is 0.244 e. The summed E-state index contributed by atoms with van der Waals surface area (Å²) in [5.74, 6) is 0.663. The summed E-state index contributed by atoms with van der Waals surface area (Å²) < 4.78 is 15.5. The van der Waals surface area contributed by atoms with E-state index in [1.807, 2.05) is 35.2 Å². The van der Waals surface area contributed by atoms with Crippen LogP contribution in [0.2, 0.25) is 0 Å². The van der Waals surface area contributed by atoms with Crippen molar-refractivity contribution < 1.29 is 9.18 Å². The lowest BCUT2D eigenvalue weighted by molar-refractivity contribution is -0.131. The third kappa shape index (κ3) is 3.51. The van der Waals surface area contributed by atoms with Gasteiger partial charge in [-0.3, -0.25) is 14.4 Å². The van der Waals surface area contributed by atoms with Crippen molar-refractivity contribution in [3.05, 3.63) is 66.1 Å². The summed E-state index contributed by atoms with van der Waals surface area (Å²) in [6, 6.07) is 15.0. The van der Waals surface area contributed by atoms with Crippen LogP contribution < -0.4 is 0 Å². The molecule has 1 amide bonds. The Morgan fingerprint density at radius 1 is 1.14 bits per heavy atom. The molecule has 29 heavy (non-hydrogen) atoms. The fraction of sp³-hybridized carbons (Fsp3) is 0.364. The average Bonchev–Trinajstić information content (AvgIpc) is 3.34. The molecule has 0 spiro atoms. The van der Waals surface area contributed by atoms with Gasteiger partial charge < -0.3 is 4.90 Å². The molecule has 2 fully saturated rings. The first-order valence-electron chi connectivity index (χ1n) is 9.74. The number of amides is 1. The van der Waals surface area contributed by atoms with Crippen molar-refractivity contribution in [1.29, 1.82) is 0 Å². The second-order valence-corrected chi connectivity index (χ2v) is 8.02. The van der Waals surface area contributed by atoms with E-state index in [1.54, 1.807) is 23.0 Å². The van der Waals surface area contributed by atoms with Crippen molar-refractivity contribution in [2.45, 2.75) is 12.6 Å². The summed E-state index contributed by atoms with van der Waals surface area (Å²) in [4.78, 5) is 17.2. The first-order chi connectivity index (χ1) is 13.6. The van der Waals surface area contributed by atoms with Crippen molar-refractivity contribution in [3.63, 3.8) is 0 Å². The molecule has 2 saturated heterocycles. The molecule has 3 aromatic rings. The van der Waals surface area contributed by atoms with Gasteiger partial charge in [0.05, 0.1) is 11.7 Å². The van der Waals surface area contributed by atoms with Crippen molar-refractivity contribution >= 4 is 29.2 Å². The van der Waals surface area contributed by atoms with Gasteiger partial charge >= 0.3 is 0 Å². The maximum atomic E-state index is 13.7. The molecule has 0 bridgehead atoms. The van der Waals surface area contributed by atoms with E-state index in [1.165, 1.54) is 6.07 Å². The van der Waals surface area contributed by atoms with E-state index >= 15 is 0 Å². The first-order valence-corrected chi connectivity index (χ1v) is 9.74. The molecule has 5 nitrogen and oxygen atoms in total.